The number of carbonyl (C=O) groups is 1. The Labute approximate surface area is 165 Å². The lowest BCUT2D eigenvalue weighted by Gasteiger charge is -2.33. The second-order valence-corrected chi connectivity index (χ2v) is 11.6. The molecule has 0 heterocycles. The van der Waals surface area contributed by atoms with Crippen molar-refractivity contribution < 1.29 is 18.4 Å². The van der Waals surface area contributed by atoms with Gasteiger partial charge in [0.05, 0.1) is 12.2 Å². The van der Waals surface area contributed by atoms with Gasteiger partial charge in [-0.15, -0.1) is 0 Å². The Kier molecular flexibility index (Phi) is 7.43. The number of carbonyl (C=O) groups excluding carboxylic acids is 1. The van der Waals surface area contributed by atoms with Gasteiger partial charge in [-0.2, -0.15) is 0 Å². The summed E-state index contributed by atoms with van der Waals surface area (Å²) < 4.78 is 24.6. The van der Waals surface area contributed by atoms with Gasteiger partial charge in [0.1, 0.15) is 5.76 Å². The highest BCUT2D eigenvalue weighted by atomic mass is 35.5. The number of hydrogen-bond acceptors (Lipinski definition) is 5. The molecule has 26 heavy (non-hydrogen) atoms. The molecule has 4 nitrogen and oxygen atoms in total. The van der Waals surface area contributed by atoms with E-state index in [0.717, 1.165) is 6.42 Å². The van der Waals surface area contributed by atoms with Crippen LogP contribution in [0.1, 0.15) is 52.5 Å². The Morgan fingerprint density at radius 2 is 2.00 bits per heavy atom. The van der Waals surface area contributed by atoms with Crippen LogP contribution in [0.5, 0.6) is 0 Å². The van der Waals surface area contributed by atoms with Crippen LogP contribution in [-0.4, -0.2) is 18.1 Å². The van der Waals surface area contributed by atoms with Crippen LogP contribution in [0.4, 0.5) is 0 Å². The summed E-state index contributed by atoms with van der Waals surface area (Å²) in [5, 5.41) is 0.542. The minimum absolute atomic E-state index is 0.0259. The first kappa shape index (κ1) is 21.6. The molecule has 0 fully saturated rings. The molecule has 2 rings (SSSR count). The first-order chi connectivity index (χ1) is 12.2. The number of hydrogen-bond donors (Lipinski definition) is 0. The predicted molar refractivity (Wildman–Crippen MR) is 109 cm³/mol. The van der Waals surface area contributed by atoms with Crippen LogP contribution < -0.4 is 0 Å². The molecular weight excluding hydrogens is 391 g/mol. The highest BCUT2D eigenvalue weighted by Gasteiger charge is 2.38. The molecule has 1 aromatic carbocycles. The Morgan fingerprint density at radius 1 is 1.27 bits per heavy atom. The number of ketones is 1. The second kappa shape index (κ2) is 8.97. The van der Waals surface area contributed by atoms with Crippen LogP contribution in [0.2, 0.25) is 5.02 Å². The molecule has 144 valence electrons. The molecule has 1 unspecified atom stereocenters. The molecule has 0 radical (unpaired) electrons. The third-order valence-corrected chi connectivity index (χ3v) is 8.11. The van der Waals surface area contributed by atoms with E-state index in [-0.39, 0.29) is 17.8 Å². The molecule has 0 spiro atoms. The average Bonchev–Trinajstić information content (AvgIpc) is 2.51. The first-order valence-corrected chi connectivity index (χ1v) is 12.3. The quantitative estimate of drug-likeness (QED) is 0.439. The normalized spacial score (nSPS) is 19.3. The molecule has 0 bridgehead atoms. The van der Waals surface area contributed by atoms with Gasteiger partial charge in [0.25, 0.3) is 0 Å². The van der Waals surface area contributed by atoms with Gasteiger partial charge >= 0.3 is 6.80 Å². The zero-order chi connectivity index (χ0) is 19.4. The van der Waals surface area contributed by atoms with Crippen molar-refractivity contribution in [3.63, 3.8) is 0 Å². The maximum atomic E-state index is 13.1. The van der Waals surface area contributed by atoms with Crippen molar-refractivity contribution in [1.29, 1.82) is 0 Å². The number of allylic oxidation sites excluding steroid dienone is 2. The Bertz CT molecular complexity index is 745. The van der Waals surface area contributed by atoms with Gasteiger partial charge in [0.2, 0.25) is 0 Å². The van der Waals surface area contributed by atoms with Gasteiger partial charge in [-0.1, -0.05) is 44.5 Å². The fraction of sp³-hybridized carbons (Fsp3) is 0.526. The maximum absolute atomic E-state index is 13.1. The fourth-order valence-corrected chi connectivity index (χ4v) is 6.60. The van der Waals surface area contributed by atoms with E-state index in [9.17, 15) is 9.36 Å². The molecule has 0 N–H and O–H groups in total. The van der Waals surface area contributed by atoms with Gasteiger partial charge in [-0.05, 0) is 47.8 Å². The second-order valence-electron chi connectivity index (χ2n) is 7.04. The highest BCUT2D eigenvalue weighted by molar-refractivity contribution is 8.55. The van der Waals surface area contributed by atoms with Gasteiger partial charge in [0.15, 0.2) is 5.78 Å². The smallest absolute Gasteiger partial charge is 0.421 e. The molecule has 0 aromatic heterocycles. The molecule has 0 saturated carbocycles. The summed E-state index contributed by atoms with van der Waals surface area (Å²) in [6.07, 6.45) is 1.78. The van der Waals surface area contributed by atoms with E-state index in [2.05, 4.69) is 0 Å². The van der Waals surface area contributed by atoms with E-state index in [1.807, 2.05) is 26.8 Å². The van der Waals surface area contributed by atoms with Gasteiger partial charge in [-0.25, -0.2) is 4.57 Å². The third kappa shape index (κ3) is 5.63. The molecule has 0 aliphatic heterocycles. The zero-order valence-corrected chi connectivity index (χ0v) is 18.2. The van der Waals surface area contributed by atoms with Gasteiger partial charge < -0.3 is 4.52 Å². The lowest BCUT2D eigenvalue weighted by molar-refractivity contribution is -0.116. The van der Waals surface area contributed by atoms with Crippen molar-refractivity contribution in [2.75, 3.05) is 12.4 Å². The molecule has 1 aliphatic rings. The standard InChI is InChI=1S/C19H26ClO4PS/c1-5-10-26-25(22,23-6-2)24-17-13-19(3,4)12-16(21)18(17)14-8-7-9-15(20)11-14/h7-9,11H,5-6,10,12-13H2,1-4H3. The summed E-state index contributed by atoms with van der Waals surface area (Å²) in [5.41, 5.74) is 0.890. The number of rotatable bonds is 8. The molecule has 0 amide bonds. The maximum Gasteiger partial charge on any atom is 0.439 e. The van der Waals surface area contributed by atoms with Crippen molar-refractivity contribution >= 4 is 41.1 Å². The van der Waals surface area contributed by atoms with Gasteiger partial charge in [0, 0.05) is 23.6 Å². The van der Waals surface area contributed by atoms with Crippen molar-refractivity contribution in [2.24, 2.45) is 5.41 Å². The summed E-state index contributed by atoms with van der Waals surface area (Å²) in [4.78, 5) is 12.9. The van der Waals surface area contributed by atoms with Crippen molar-refractivity contribution in [3.05, 3.63) is 40.6 Å². The van der Waals surface area contributed by atoms with E-state index < -0.39 is 6.80 Å². The van der Waals surface area contributed by atoms with Crippen LogP contribution in [-0.2, 0) is 18.4 Å². The number of Topliss-reactive ketones (excluding diaryl/α,β-unsaturated/α-hetero) is 1. The van der Waals surface area contributed by atoms with Crippen LogP contribution in [0.25, 0.3) is 5.57 Å². The summed E-state index contributed by atoms with van der Waals surface area (Å²) in [7, 11) is 0. The van der Waals surface area contributed by atoms with Crippen molar-refractivity contribution in [2.45, 2.75) is 47.0 Å². The van der Waals surface area contributed by atoms with Crippen molar-refractivity contribution in [1.82, 2.24) is 0 Å². The van der Waals surface area contributed by atoms with E-state index in [1.54, 1.807) is 25.1 Å². The monoisotopic (exact) mass is 416 g/mol. The van der Waals surface area contributed by atoms with Crippen LogP contribution in [0.15, 0.2) is 30.0 Å². The largest absolute Gasteiger partial charge is 0.439 e. The number of halogens is 1. The molecular formula is C19H26ClO4PS. The minimum Gasteiger partial charge on any atom is -0.421 e. The van der Waals surface area contributed by atoms with Crippen molar-refractivity contribution in [3.8, 4) is 0 Å². The minimum atomic E-state index is -3.38. The zero-order valence-electron chi connectivity index (χ0n) is 15.7. The first-order valence-electron chi connectivity index (χ1n) is 8.80. The SMILES string of the molecule is CCCSP(=O)(OCC)OC1=C(c2cccc(Cl)c2)C(=O)CC(C)(C)C1. The predicted octanol–water partition coefficient (Wildman–Crippen LogP) is 6.74. The summed E-state index contributed by atoms with van der Waals surface area (Å²) >= 11 is 7.29. The highest BCUT2D eigenvalue weighted by Crippen LogP contribution is 2.63. The lowest BCUT2D eigenvalue weighted by atomic mass is 9.75. The van der Waals surface area contributed by atoms with Crippen LogP contribution >= 0.6 is 29.8 Å². The molecule has 1 aliphatic carbocycles. The summed E-state index contributed by atoms with van der Waals surface area (Å²) in [5.74, 6) is 1.07. The van der Waals surface area contributed by atoms with Crippen LogP contribution in [0, 0.1) is 5.41 Å². The van der Waals surface area contributed by atoms with E-state index in [4.69, 9.17) is 20.6 Å². The van der Waals surface area contributed by atoms with E-state index in [0.29, 0.717) is 40.5 Å². The lowest BCUT2D eigenvalue weighted by Crippen LogP contribution is -2.26. The molecule has 1 aromatic rings. The molecule has 0 saturated heterocycles. The topological polar surface area (TPSA) is 52.6 Å². The summed E-state index contributed by atoms with van der Waals surface area (Å²) in [6, 6.07) is 7.11. The Morgan fingerprint density at radius 3 is 2.62 bits per heavy atom. The molecule has 1 atom stereocenters. The van der Waals surface area contributed by atoms with Gasteiger partial charge in [-0.3, -0.25) is 9.32 Å². The Balaban J connectivity index is 2.50. The summed E-state index contributed by atoms with van der Waals surface area (Å²) in [6.45, 7) is 4.70. The van der Waals surface area contributed by atoms with Crippen LogP contribution in [0.3, 0.4) is 0 Å². The number of benzene rings is 1. The van der Waals surface area contributed by atoms with E-state index in [1.165, 1.54) is 11.4 Å². The fourth-order valence-electron chi connectivity index (χ4n) is 2.89. The average molecular weight is 417 g/mol. The molecule has 7 heteroatoms. The third-order valence-electron chi connectivity index (χ3n) is 3.91. The van der Waals surface area contributed by atoms with E-state index >= 15 is 0 Å². The Hall–Kier alpha value is -0.740.